The van der Waals surface area contributed by atoms with E-state index >= 15 is 0 Å². The van der Waals surface area contributed by atoms with Crippen LogP contribution in [0.4, 0.5) is 5.00 Å². The molecule has 0 fully saturated rings. The Morgan fingerprint density at radius 1 is 1.06 bits per heavy atom. The van der Waals surface area contributed by atoms with Gasteiger partial charge in [-0.25, -0.2) is 19.3 Å². The third-order valence-electron chi connectivity index (χ3n) is 4.79. The van der Waals surface area contributed by atoms with Gasteiger partial charge in [0.15, 0.2) is 0 Å². The Bertz CT molecular complexity index is 1230. The smallest absolute Gasteiger partial charge is 0.348 e. The largest absolute Gasteiger partial charge is 0.462 e. The summed E-state index contributed by atoms with van der Waals surface area (Å²) in [7, 11) is 0. The van der Waals surface area contributed by atoms with Crippen molar-refractivity contribution in [3.8, 4) is 5.69 Å². The molecule has 0 unspecified atom stereocenters. The lowest BCUT2D eigenvalue weighted by molar-refractivity contribution is 0.0527. The molecule has 9 heteroatoms. The normalized spacial score (nSPS) is 11.2. The minimum absolute atomic E-state index is 0.185. The predicted octanol–water partition coefficient (Wildman–Crippen LogP) is 4.26. The highest BCUT2D eigenvalue weighted by Gasteiger charge is 2.26. The highest BCUT2D eigenvalue weighted by Crippen LogP contribution is 2.36. The molecule has 0 bridgehead atoms. The SMILES string of the molecule is CCOC(=O)c1sc(/N=C/c2c(C)[nH]n(-c3ccc(C)cc3)c2=O)c(C(=O)OCC)c1C. The predicted molar refractivity (Wildman–Crippen MR) is 124 cm³/mol. The number of aromatic nitrogens is 2. The van der Waals surface area contributed by atoms with Gasteiger partial charge in [-0.15, -0.1) is 11.3 Å². The molecule has 3 rings (SSSR count). The van der Waals surface area contributed by atoms with Crippen LogP contribution in [-0.2, 0) is 9.47 Å². The standard InChI is InChI=1S/C23H25N3O5S/c1-6-30-22(28)18-14(4)19(23(29)31-7-2)32-20(18)24-12-17-15(5)25-26(21(17)27)16-10-8-13(3)9-11-16/h8-12,25H,6-7H2,1-5H3/b24-12+. The molecule has 2 aromatic heterocycles. The number of hydrogen-bond donors (Lipinski definition) is 1. The third-order valence-corrected chi connectivity index (χ3v) is 5.97. The molecule has 0 saturated heterocycles. The molecule has 32 heavy (non-hydrogen) atoms. The van der Waals surface area contributed by atoms with Gasteiger partial charge in [0.1, 0.15) is 15.4 Å². The average molecular weight is 456 g/mol. The van der Waals surface area contributed by atoms with Gasteiger partial charge in [0.2, 0.25) is 0 Å². The maximum atomic E-state index is 13.0. The van der Waals surface area contributed by atoms with Crippen LogP contribution in [-0.4, -0.2) is 41.1 Å². The number of hydrogen-bond acceptors (Lipinski definition) is 7. The Morgan fingerprint density at radius 3 is 2.31 bits per heavy atom. The van der Waals surface area contributed by atoms with Gasteiger partial charge >= 0.3 is 11.9 Å². The van der Waals surface area contributed by atoms with Gasteiger partial charge < -0.3 is 9.47 Å². The van der Waals surface area contributed by atoms with Crippen molar-refractivity contribution < 1.29 is 19.1 Å². The van der Waals surface area contributed by atoms with E-state index in [2.05, 4.69) is 10.1 Å². The fraction of sp³-hybridized carbons (Fsp3) is 0.304. The maximum absolute atomic E-state index is 13.0. The molecule has 0 spiro atoms. The van der Waals surface area contributed by atoms with Crippen LogP contribution in [0, 0.1) is 20.8 Å². The van der Waals surface area contributed by atoms with Crippen LogP contribution in [0.5, 0.6) is 0 Å². The van der Waals surface area contributed by atoms with Crippen LogP contribution in [0.2, 0.25) is 0 Å². The van der Waals surface area contributed by atoms with Gasteiger partial charge in [0, 0.05) is 11.9 Å². The van der Waals surface area contributed by atoms with E-state index in [0.29, 0.717) is 22.5 Å². The summed E-state index contributed by atoms with van der Waals surface area (Å²) in [6, 6.07) is 7.53. The Morgan fingerprint density at radius 2 is 1.69 bits per heavy atom. The van der Waals surface area contributed by atoms with Crippen molar-refractivity contribution >= 4 is 34.5 Å². The topological polar surface area (TPSA) is 103 Å². The van der Waals surface area contributed by atoms with Crippen LogP contribution in [0.3, 0.4) is 0 Å². The molecule has 0 amide bonds. The highest BCUT2D eigenvalue weighted by molar-refractivity contribution is 7.18. The van der Waals surface area contributed by atoms with E-state index in [4.69, 9.17) is 9.47 Å². The minimum Gasteiger partial charge on any atom is -0.462 e. The van der Waals surface area contributed by atoms with Crippen molar-refractivity contribution in [3.05, 3.63) is 67.4 Å². The molecule has 0 aliphatic heterocycles. The summed E-state index contributed by atoms with van der Waals surface area (Å²) in [5.74, 6) is -1.10. The first kappa shape index (κ1) is 23.2. The fourth-order valence-corrected chi connectivity index (χ4v) is 4.17. The number of benzene rings is 1. The van der Waals surface area contributed by atoms with E-state index in [0.717, 1.165) is 16.9 Å². The molecular formula is C23H25N3O5S. The molecule has 3 aromatic rings. The average Bonchev–Trinajstić information content (AvgIpc) is 3.23. The number of aliphatic imine (C=N–C) groups is 1. The summed E-state index contributed by atoms with van der Waals surface area (Å²) in [4.78, 5) is 42.5. The van der Waals surface area contributed by atoms with Crippen molar-refractivity contribution in [2.75, 3.05) is 13.2 Å². The van der Waals surface area contributed by atoms with E-state index in [1.165, 1.54) is 10.9 Å². The Labute approximate surface area is 189 Å². The zero-order valence-corrected chi connectivity index (χ0v) is 19.5. The Kier molecular flexibility index (Phi) is 7.09. The summed E-state index contributed by atoms with van der Waals surface area (Å²) >= 11 is 1.03. The molecule has 1 N–H and O–H groups in total. The van der Waals surface area contributed by atoms with Gasteiger partial charge in [0.25, 0.3) is 5.56 Å². The van der Waals surface area contributed by atoms with Crippen LogP contribution in [0.25, 0.3) is 5.69 Å². The van der Waals surface area contributed by atoms with Gasteiger partial charge in [-0.2, -0.15) is 0 Å². The number of H-pyrrole nitrogens is 1. The summed E-state index contributed by atoms with van der Waals surface area (Å²) in [6.07, 6.45) is 1.40. The second kappa shape index (κ2) is 9.78. The first-order chi connectivity index (χ1) is 15.3. The Balaban J connectivity index is 2.04. The molecular weight excluding hydrogens is 430 g/mol. The van der Waals surface area contributed by atoms with Crippen molar-refractivity contribution in [3.63, 3.8) is 0 Å². The van der Waals surface area contributed by atoms with Crippen LogP contribution >= 0.6 is 11.3 Å². The van der Waals surface area contributed by atoms with Crippen LogP contribution in [0.1, 0.15) is 56.3 Å². The van der Waals surface area contributed by atoms with Crippen LogP contribution < -0.4 is 5.56 Å². The summed E-state index contributed by atoms with van der Waals surface area (Å²) < 4.78 is 11.7. The molecule has 1 aromatic carbocycles. The first-order valence-corrected chi connectivity index (χ1v) is 11.0. The molecule has 0 radical (unpaired) electrons. The fourth-order valence-electron chi connectivity index (χ4n) is 3.13. The molecule has 0 saturated carbocycles. The molecule has 0 aliphatic rings. The monoisotopic (exact) mass is 455 g/mol. The first-order valence-electron chi connectivity index (χ1n) is 10.2. The second-order valence-corrected chi connectivity index (χ2v) is 8.06. The highest BCUT2D eigenvalue weighted by atomic mass is 32.1. The lowest BCUT2D eigenvalue weighted by Crippen LogP contribution is -2.17. The number of thiophene rings is 1. The number of nitrogens with zero attached hydrogens (tertiary/aromatic N) is 2. The number of aryl methyl sites for hydroxylation is 2. The van der Waals surface area contributed by atoms with Gasteiger partial charge in [-0.3, -0.25) is 9.89 Å². The number of nitrogens with one attached hydrogen (secondary N) is 1. The van der Waals surface area contributed by atoms with E-state index in [1.807, 2.05) is 31.2 Å². The van der Waals surface area contributed by atoms with Crippen molar-refractivity contribution in [2.45, 2.75) is 34.6 Å². The third kappa shape index (κ3) is 4.57. The second-order valence-electron chi connectivity index (χ2n) is 7.06. The van der Waals surface area contributed by atoms with E-state index < -0.39 is 11.9 Å². The number of carbonyl (C=O) groups excluding carboxylic acids is 2. The zero-order chi connectivity index (χ0) is 23.4. The summed E-state index contributed by atoms with van der Waals surface area (Å²) in [5.41, 5.74) is 3.13. The lowest BCUT2D eigenvalue weighted by atomic mass is 10.1. The molecule has 0 atom stereocenters. The van der Waals surface area contributed by atoms with Crippen molar-refractivity contribution in [1.82, 2.24) is 9.78 Å². The molecule has 2 heterocycles. The molecule has 8 nitrogen and oxygen atoms in total. The number of rotatable bonds is 7. The Hall–Kier alpha value is -3.46. The van der Waals surface area contributed by atoms with Crippen molar-refractivity contribution in [2.24, 2.45) is 4.99 Å². The van der Waals surface area contributed by atoms with Gasteiger partial charge in [-0.1, -0.05) is 17.7 Å². The quantitative estimate of drug-likeness (QED) is 0.424. The summed E-state index contributed by atoms with van der Waals surface area (Å²) in [5, 5.41) is 3.33. The van der Waals surface area contributed by atoms with E-state index in [1.54, 1.807) is 27.7 Å². The molecule has 0 aliphatic carbocycles. The number of carbonyl (C=O) groups is 2. The number of aromatic amines is 1. The lowest BCUT2D eigenvalue weighted by Gasteiger charge is -2.03. The maximum Gasteiger partial charge on any atom is 0.348 e. The van der Waals surface area contributed by atoms with Gasteiger partial charge in [0.05, 0.1) is 24.5 Å². The van der Waals surface area contributed by atoms with E-state index in [9.17, 15) is 14.4 Å². The van der Waals surface area contributed by atoms with E-state index in [-0.39, 0.29) is 34.2 Å². The zero-order valence-electron chi connectivity index (χ0n) is 18.6. The summed E-state index contributed by atoms with van der Waals surface area (Å²) in [6.45, 7) is 9.20. The molecule has 168 valence electrons. The van der Waals surface area contributed by atoms with Gasteiger partial charge in [-0.05, 0) is 52.3 Å². The van der Waals surface area contributed by atoms with Crippen molar-refractivity contribution in [1.29, 1.82) is 0 Å². The number of ether oxygens (including phenoxy) is 2. The van der Waals surface area contributed by atoms with Crippen LogP contribution in [0.15, 0.2) is 34.1 Å². The minimum atomic E-state index is -0.577. The number of esters is 2.